The molecule has 0 amide bonds. The third-order valence-electron chi connectivity index (χ3n) is 7.86. The second-order valence-corrected chi connectivity index (χ2v) is 14.4. The number of nitrogens with one attached hydrogen (secondary N) is 1. The summed E-state index contributed by atoms with van der Waals surface area (Å²) in [6.07, 6.45) is 2.45. The maximum atomic E-state index is 12.6. The Labute approximate surface area is 273 Å². The SMILES string of the molecule is CC1=C(O)NS(=O)(=O)N1c1ccc(-n2cc(-c3ccc(Cl)cc3Cl)nc2Cc2ccc(-c3ccc(C(C)(C)C)cc3)cc2)cc1. The standard InChI is InChI=1S/C35H32Cl2N4O3S/c1-22-34(42)39-45(43,44)41(22)29-16-14-28(15-17-29)40-21-32(30-18-13-27(36)20-31(30)37)38-33(40)19-23-5-7-24(8-6-23)25-9-11-26(12-10-25)35(2,3)4/h5-18,20-21,39,42H,19H2,1-4H3. The molecule has 1 aliphatic rings. The molecule has 6 rings (SSSR count). The maximum absolute atomic E-state index is 12.6. The Bertz CT molecular complexity index is 2030. The summed E-state index contributed by atoms with van der Waals surface area (Å²) in [5.74, 6) is 0.378. The summed E-state index contributed by atoms with van der Waals surface area (Å²) in [4.78, 5) is 4.98. The zero-order valence-electron chi connectivity index (χ0n) is 25.2. The van der Waals surface area contributed by atoms with E-state index in [-0.39, 0.29) is 11.1 Å². The largest absolute Gasteiger partial charge is 0.493 e. The van der Waals surface area contributed by atoms with E-state index in [9.17, 15) is 13.5 Å². The molecule has 0 saturated carbocycles. The van der Waals surface area contributed by atoms with Crippen LogP contribution < -0.4 is 9.03 Å². The number of imidazole rings is 1. The first-order valence-electron chi connectivity index (χ1n) is 14.4. The number of hydrogen-bond acceptors (Lipinski definition) is 4. The van der Waals surface area contributed by atoms with Gasteiger partial charge in [0.15, 0.2) is 0 Å². The highest BCUT2D eigenvalue weighted by Gasteiger charge is 2.34. The van der Waals surface area contributed by atoms with Crippen LogP contribution in [0.25, 0.3) is 28.1 Å². The maximum Gasteiger partial charge on any atom is 0.330 e. The molecule has 10 heteroatoms. The Morgan fingerprint density at radius 1 is 0.844 bits per heavy atom. The van der Waals surface area contributed by atoms with Gasteiger partial charge < -0.3 is 9.67 Å². The van der Waals surface area contributed by atoms with Crippen molar-refractivity contribution in [3.63, 3.8) is 0 Å². The van der Waals surface area contributed by atoms with Crippen molar-refractivity contribution in [1.29, 1.82) is 0 Å². The first-order valence-corrected chi connectivity index (χ1v) is 16.6. The Hall–Kier alpha value is -4.24. The minimum Gasteiger partial charge on any atom is -0.493 e. The molecule has 7 nitrogen and oxygen atoms in total. The molecular formula is C35H32Cl2N4O3S. The highest BCUT2D eigenvalue weighted by molar-refractivity contribution is 7.91. The van der Waals surface area contributed by atoms with Crippen LogP contribution in [0.2, 0.25) is 10.0 Å². The highest BCUT2D eigenvalue weighted by atomic mass is 35.5. The molecule has 2 N–H and O–H groups in total. The fourth-order valence-electron chi connectivity index (χ4n) is 5.35. The molecule has 230 valence electrons. The molecule has 1 aromatic heterocycles. The topological polar surface area (TPSA) is 87.5 Å². The molecular weight excluding hydrogens is 627 g/mol. The molecule has 0 atom stereocenters. The number of benzene rings is 4. The van der Waals surface area contributed by atoms with E-state index in [1.165, 1.54) is 12.5 Å². The van der Waals surface area contributed by atoms with Crippen molar-refractivity contribution in [2.24, 2.45) is 0 Å². The Morgan fingerprint density at radius 3 is 2.00 bits per heavy atom. The molecule has 0 radical (unpaired) electrons. The van der Waals surface area contributed by atoms with Crippen molar-refractivity contribution >= 4 is 39.1 Å². The number of halogens is 2. The summed E-state index contributed by atoms with van der Waals surface area (Å²) in [6, 6.07) is 29.5. The number of aliphatic hydroxyl groups is 1. The third-order valence-corrected chi connectivity index (χ3v) is 9.83. The number of rotatable bonds is 6. The molecule has 2 heterocycles. The average molecular weight is 660 g/mol. The lowest BCUT2D eigenvalue weighted by Gasteiger charge is -2.19. The summed E-state index contributed by atoms with van der Waals surface area (Å²) in [7, 11) is -3.92. The van der Waals surface area contributed by atoms with E-state index in [4.69, 9.17) is 28.2 Å². The average Bonchev–Trinajstić information content (AvgIpc) is 3.49. The first-order chi connectivity index (χ1) is 21.3. The van der Waals surface area contributed by atoms with Gasteiger partial charge in [-0.2, -0.15) is 8.42 Å². The van der Waals surface area contributed by atoms with Crippen LogP contribution in [0.3, 0.4) is 0 Å². The number of anilines is 1. The molecule has 0 spiro atoms. The van der Waals surface area contributed by atoms with Crippen LogP contribution in [0.4, 0.5) is 5.69 Å². The quantitative estimate of drug-likeness (QED) is 0.191. The van der Waals surface area contributed by atoms with Crippen molar-refractivity contribution in [2.45, 2.75) is 39.5 Å². The predicted octanol–water partition coefficient (Wildman–Crippen LogP) is 8.80. The van der Waals surface area contributed by atoms with Crippen molar-refractivity contribution in [3.8, 4) is 28.1 Å². The first kappa shape index (κ1) is 30.8. The van der Waals surface area contributed by atoms with Gasteiger partial charge in [0.2, 0.25) is 5.88 Å². The molecule has 0 aliphatic carbocycles. The molecule has 45 heavy (non-hydrogen) atoms. The third kappa shape index (κ3) is 6.18. The lowest BCUT2D eigenvalue weighted by molar-refractivity contribution is 0.387. The van der Waals surface area contributed by atoms with E-state index in [2.05, 4.69) is 74.0 Å². The molecule has 0 saturated heterocycles. The second-order valence-electron chi connectivity index (χ2n) is 12.1. The van der Waals surface area contributed by atoms with Crippen molar-refractivity contribution < 1.29 is 13.5 Å². The van der Waals surface area contributed by atoms with E-state index in [1.54, 1.807) is 24.3 Å². The van der Waals surface area contributed by atoms with Gasteiger partial charge in [-0.05, 0) is 77.1 Å². The molecule has 4 aromatic carbocycles. The van der Waals surface area contributed by atoms with E-state index < -0.39 is 16.1 Å². The summed E-state index contributed by atoms with van der Waals surface area (Å²) >= 11 is 12.7. The molecule has 0 unspecified atom stereocenters. The molecule has 0 bridgehead atoms. The Morgan fingerprint density at radius 2 is 1.44 bits per heavy atom. The minimum atomic E-state index is -3.92. The zero-order valence-corrected chi connectivity index (χ0v) is 27.5. The molecule has 0 fully saturated rings. The van der Waals surface area contributed by atoms with Gasteiger partial charge in [0.05, 0.1) is 22.1 Å². The second kappa shape index (κ2) is 11.6. The minimum absolute atomic E-state index is 0.0990. The van der Waals surface area contributed by atoms with Crippen molar-refractivity contribution in [2.75, 3.05) is 4.31 Å². The van der Waals surface area contributed by atoms with Gasteiger partial charge in [-0.3, -0.25) is 0 Å². The number of nitrogens with zero attached hydrogens (tertiary/aromatic N) is 3. The fourth-order valence-corrected chi connectivity index (χ4v) is 7.19. The van der Waals surface area contributed by atoms with Crippen LogP contribution in [-0.4, -0.2) is 23.1 Å². The molecule has 1 aliphatic heterocycles. The van der Waals surface area contributed by atoms with E-state index >= 15 is 0 Å². The van der Waals surface area contributed by atoms with Gasteiger partial charge in [-0.15, -0.1) is 0 Å². The van der Waals surface area contributed by atoms with Crippen LogP contribution in [0.15, 0.2) is 109 Å². The van der Waals surface area contributed by atoms with Crippen LogP contribution in [0.5, 0.6) is 0 Å². The van der Waals surface area contributed by atoms with Crippen molar-refractivity contribution in [1.82, 2.24) is 14.3 Å². The highest BCUT2D eigenvalue weighted by Crippen LogP contribution is 2.33. The summed E-state index contributed by atoms with van der Waals surface area (Å²) < 4.78 is 30.3. The van der Waals surface area contributed by atoms with Gasteiger partial charge in [0.1, 0.15) is 5.82 Å². The number of aliphatic hydroxyl groups excluding tert-OH is 1. The summed E-state index contributed by atoms with van der Waals surface area (Å²) in [5.41, 5.74) is 7.55. The zero-order chi connectivity index (χ0) is 32.1. The summed E-state index contributed by atoms with van der Waals surface area (Å²) in [6.45, 7) is 8.16. The summed E-state index contributed by atoms with van der Waals surface area (Å²) in [5, 5.41) is 11.0. The lowest BCUT2D eigenvalue weighted by atomic mass is 9.86. The van der Waals surface area contributed by atoms with Gasteiger partial charge in [-0.25, -0.2) is 14.0 Å². The van der Waals surface area contributed by atoms with E-state index in [0.29, 0.717) is 27.8 Å². The predicted molar refractivity (Wildman–Crippen MR) is 182 cm³/mol. The van der Waals surface area contributed by atoms with Gasteiger partial charge >= 0.3 is 10.2 Å². The van der Waals surface area contributed by atoms with E-state index in [0.717, 1.165) is 38.1 Å². The van der Waals surface area contributed by atoms with Gasteiger partial charge in [0.25, 0.3) is 0 Å². The van der Waals surface area contributed by atoms with Gasteiger partial charge in [0, 0.05) is 28.9 Å². The Balaban J connectivity index is 1.34. The van der Waals surface area contributed by atoms with Crippen molar-refractivity contribution in [3.05, 3.63) is 136 Å². The monoisotopic (exact) mass is 658 g/mol. The number of hydrogen-bond donors (Lipinski definition) is 2. The van der Waals surface area contributed by atoms with Crippen LogP contribution >= 0.6 is 23.2 Å². The Kier molecular flexibility index (Phi) is 7.93. The van der Waals surface area contributed by atoms with Crippen LogP contribution in [0, 0.1) is 0 Å². The fraction of sp³-hybridized carbons (Fsp3) is 0.171. The van der Waals surface area contributed by atoms with Gasteiger partial charge in [-0.1, -0.05) is 92.5 Å². The number of aromatic nitrogens is 2. The van der Waals surface area contributed by atoms with Crippen LogP contribution in [0.1, 0.15) is 44.6 Å². The normalized spacial score (nSPS) is 14.6. The lowest BCUT2D eigenvalue weighted by Crippen LogP contribution is -2.30. The smallest absolute Gasteiger partial charge is 0.330 e. The number of allylic oxidation sites excluding steroid dienone is 1. The van der Waals surface area contributed by atoms with Crippen LogP contribution in [-0.2, 0) is 22.0 Å². The van der Waals surface area contributed by atoms with E-state index in [1.807, 2.05) is 29.0 Å². The molecule has 5 aromatic rings.